The van der Waals surface area contributed by atoms with Crippen molar-refractivity contribution in [1.29, 1.82) is 0 Å². The molecule has 1 aromatic carbocycles. The number of carbonyl (C=O) groups excluding carboxylic acids is 1. The van der Waals surface area contributed by atoms with E-state index in [2.05, 4.69) is 10.8 Å². The molecule has 1 radical (unpaired) electrons. The van der Waals surface area contributed by atoms with Gasteiger partial charge in [-0.1, -0.05) is 23.7 Å². The van der Waals surface area contributed by atoms with E-state index >= 15 is 0 Å². The molecule has 1 rings (SSSR count). The molecule has 0 aliphatic carbocycles. The molecule has 1 aromatic rings. The zero-order chi connectivity index (χ0) is 9.68. The van der Waals surface area contributed by atoms with E-state index in [9.17, 15) is 4.79 Å². The number of hydrogen-bond donors (Lipinski definition) is 0. The van der Waals surface area contributed by atoms with Crippen molar-refractivity contribution in [3.63, 3.8) is 0 Å². The predicted octanol–water partition coefficient (Wildman–Crippen LogP) is 2.68. The fourth-order valence-corrected chi connectivity index (χ4v) is 0.882. The topological polar surface area (TPSA) is 35.5 Å². The fourth-order valence-electron chi connectivity index (χ4n) is 0.717. The van der Waals surface area contributed by atoms with Crippen LogP contribution in [0.3, 0.4) is 0 Å². The van der Waals surface area contributed by atoms with Gasteiger partial charge in [0, 0.05) is 6.07 Å². The van der Waals surface area contributed by atoms with E-state index in [1.807, 2.05) is 0 Å². The molecule has 0 aromatic heterocycles. The lowest BCUT2D eigenvalue weighted by molar-refractivity contribution is 0.104. The van der Waals surface area contributed by atoms with Gasteiger partial charge in [-0.15, -0.1) is 0 Å². The van der Waals surface area contributed by atoms with Crippen molar-refractivity contribution in [2.45, 2.75) is 6.92 Å². The third-order valence-electron chi connectivity index (χ3n) is 1.23. The Morgan fingerprint density at radius 2 is 2.46 bits per heavy atom. The van der Waals surface area contributed by atoms with Gasteiger partial charge in [-0.25, -0.2) is 4.79 Å². The molecule has 0 atom stereocenters. The minimum atomic E-state index is -0.760. The van der Waals surface area contributed by atoms with Crippen molar-refractivity contribution in [2.75, 3.05) is 6.61 Å². The molecule has 0 aliphatic rings. The Balaban J connectivity index is 2.63. The van der Waals surface area contributed by atoms with E-state index in [-0.39, 0.29) is 17.4 Å². The normalized spacial score (nSPS) is 9.38. The molecule has 4 heteroatoms. The van der Waals surface area contributed by atoms with Crippen molar-refractivity contribution in [1.82, 2.24) is 0 Å². The van der Waals surface area contributed by atoms with Crippen LogP contribution in [0.25, 0.3) is 0 Å². The average molecular weight is 200 g/mol. The number of hydrogen-bond acceptors (Lipinski definition) is 3. The van der Waals surface area contributed by atoms with Crippen LogP contribution < -0.4 is 4.74 Å². The first-order chi connectivity index (χ1) is 6.24. The minimum Gasteiger partial charge on any atom is -0.434 e. The smallest absolute Gasteiger partial charge is 0.434 e. The second kappa shape index (κ2) is 4.72. The molecule has 0 unspecified atom stereocenters. The highest BCUT2D eigenvalue weighted by Gasteiger charge is 2.07. The minimum absolute atomic E-state index is 0.252. The van der Waals surface area contributed by atoms with Gasteiger partial charge in [0.2, 0.25) is 0 Å². The number of carbonyl (C=O) groups is 1. The quantitative estimate of drug-likeness (QED) is 0.543. The summed E-state index contributed by atoms with van der Waals surface area (Å²) in [5, 5.41) is 0.260. The second-order valence-corrected chi connectivity index (χ2v) is 2.51. The van der Waals surface area contributed by atoms with Crippen LogP contribution in [0.5, 0.6) is 5.75 Å². The van der Waals surface area contributed by atoms with Crippen LogP contribution in [0.15, 0.2) is 18.2 Å². The molecular weight excluding hydrogens is 192 g/mol. The van der Waals surface area contributed by atoms with E-state index < -0.39 is 6.16 Å². The summed E-state index contributed by atoms with van der Waals surface area (Å²) in [7, 11) is 0. The van der Waals surface area contributed by atoms with Crippen LogP contribution in [-0.2, 0) is 4.74 Å². The molecule has 69 valence electrons. The monoisotopic (exact) mass is 199 g/mol. The summed E-state index contributed by atoms with van der Waals surface area (Å²) in [6.45, 7) is 1.97. The van der Waals surface area contributed by atoms with E-state index in [0.29, 0.717) is 0 Å². The first kappa shape index (κ1) is 9.86. The van der Waals surface area contributed by atoms with Gasteiger partial charge in [0.05, 0.1) is 11.6 Å². The highest BCUT2D eigenvalue weighted by molar-refractivity contribution is 6.31. The molecule has 13 heavy (non-hydrogen) atoms. The molecule has 0 bridgehead atoms. The van der Waals surface area contributed by atoms with Crippen molar-refractivity contribution < 1.29 is 14.3 Å². The molecule has 0 fully saturated rings. The average Bonchev–Trinajstić information content (AvgIpc) is 2.09. The van der Waals surface area contributed by atoms with Crippen molar-refractivity contribution in [3.8, 4) is 5.75 Å². The van der Waals surface area contributed by atoms with E-state index in [1.54, 1.807) is 25.1 Å². The third kappa shape index (κ3) is 2.95. The standard InChI is InChI=1S/C9H8ClO3/c1-2-12-9(11)13-8-6-4-3-5-7(8)10/h3-4,6H,2H2,1H3. The largest absolute Gasteiger partial charge is 0.513 e. The third-order valence-corrected chi connectivity index (χ3v) is 1.52. The maximum absolute atomic E-state index is 10.8. The summed E-state index contributed by atoms with van der Waals surface area (Å²) in [6, 6.07) is 7.54. The van der Waals surface area contributed by atoms with E-state index in [1.165, 1.54) is 0 Å². The van der Waals surface area contributed by atoms with Crippen molar-refractivity contribution >= 4 is 17.8 Å². The van der Waals surface area contributed by atoms with Crippen LogP contribution >= 0.6 is 11.6 Å². The summed E-state index contributed by atoms with van der Waals surface area (Å²) in [5.41, 5.74) is 0. The zero-order valence-electron chi connectivity index (χ0n) is 7.04. The van der Waals surface area contributed by atoms with Crippen LogP contribution in [0.4, 0.5) is 4.79 Å². The second-order valence-electron chi connectivity index (χ2n) is 2.13. The number of rotatable bonds is 2. The Hall–Kier alpha value is -1.22. The molecule has 0 heterocycles. The van der Waals surface area contributed by atoms with Gasteiger partial charge in [0.1, 0.15) is 0 Å². The lowest BCUT2D eigenvalue weighted by atomic mass is 10.3. The van der Waals surface area contributed by atoms with Crippen LogP contribution in [0.2, 0.25) is 5.02 Å². The van der Waals surface area contributed by atoms with Gasteiger partial charge in [0.25, 0.3) is 0 Å². The first-order valence-electron chi connectivity index (χ1n) is 3.75. The molecular formula is C9H8ClO3. The summed E-state index contributed by atoms with van der Waals surface area (Å²) in [5.74, 6) is 0.252. The predicted molar refractivity (Wildman–Crippen MR) is 47.9 cm³/mol. The van der Waals surface area contributed by atoms with Gasteiger partial charge in [-0.3, -0.25) is 0 Å². The molecule has 0 saturated heterocycles. The Kier molecular flexibility index (Phi) is 3.58. The maximum Gasteiger partial charge on any atom is 0.513 e. The Morgan fingerprint density at radius 3 is 3.08 bits per heavy atom. The van der Waals surface area contributed by atoms with E-state index in [0.717, 1.165) is 0 Å². The van der Waals surface area contributed by atoms with Crippen LogP contribution in [0.1, 0.15) is 6.92 Å². The molecule has 3 nitrogen and oxygen atoms in total. The summed E-state index contributed by atoms with van der Waals surface area (Å²) in [4.78, 5) is 10.8. The number of benzene rings is 1. The molecule has 0 saturated carbocycles. The lowest BCUT2D eigenvalue weighted by Gasteiger charge is -2.04. The first-order valence-corrected chi connectivity index (χ1v) is 4.12. The molecule has 0 amide bonds. The molecule has 0 N–H and O–H groups in total. The summed E-state index contributed by atoms with van der Waals surface area (Å²) < 4.78 is 9.33. The van der Waals surface area contributed by atoms with Gasteiger partial charge in [-0.2, -0.15) is 0 Å². The van der Waals surface area contributed by atoms with E-state index in [4.69, 9.17) is 16.3 Å². The Morgan fingerprint density at radius 1 is 1.69 bits per heavy atom. The van der Waals surface area contributed by atoms with Gasteiger partial charge in [0.15, 0.2) is 5.75 Å². The van der Waals surface area contributed by atoms with Crippen molar-refractivity contribution in [3.05, 3.63) is 29.3 Å². The summed E-state index contributed by atoms with van der Waals surface area (Å²) >= 11 is 5.68. The Labute approximate surface area is 81.2 Å². The maximum atomic E-state index is 10.8. The van der Waals surface area contributed by atoms with Gasteiger partial charge < -0.3 is 9.47 Å². The number of halogens is 1. The van der Waals surface area contributed by atoms with Gasteiger partial charge in [-0.05, 0) is 13.0 Å². The number of ether oxygens (including phenoxy) is 2. The summed E-state index contributed by atoms with van der Waals surface area (Å²) in [6.07, 6.45) is -0.760. The fraction of sp³-hybridized carbons (Fsp3) is 0.222. The van der Waals surface area contributed by atoms with Gasteiger partial charge >= 0.3 is 6.16 Å². The zero-order valence-corrected chi connectivity index (χ0v) is 7.80. The van der Waals surface area contributed by atoms with Crippen LogP contribution in [0, 0.1) is 6.07 Å². The molecule has 0 spiro atoms. The molecule has 0 aliphatic heterocycles. The van der Waals surface area contributed by atoms with Crippen molar-refractivity contribution in [2.24, 2.45) is 0 Å². The highest BCUT2D eigenvalue weighted by Crippen LogP contribution is 2.22. The SMILES string of the molecule is CCOC(=O)Oc1ccc[c]c1Cl. The van der Waals surface area contributed by atoms with Crippen LogP contribution in [-0.4, -0.2) is 12.8 Å². The Bertz CT molecular complexity index is 299. The lowest BCUT2D eigenvalue weighted by Crippen LogP contribution is -2.10. The highest BCUT2D eigenvalue weighted by atomic mass is 35.5.